The molecule has 190 valence electrons. The van der Waals surface area contributed by atoms with Gasteiger partial charge in [0.15, 0.2) is 0 Å². The third kappa shape index (κ3) is 6.54. The zero-order chi connectivity index (χ0) is 24.7. The zero-order valence-electron chi connectivity index (χ0n) is 20.0. The molecule has 0 radical (unpaired) electrons. The van der Waals surface area contributed by atoms with Crippen molar-refractivity contribution in [1.29, 1.82) is 0 Å². The van der Waals surface area contributed by atoms with Crippen molar-refractivity contribution >= 4 is 44.3 Å². The minimum atomic E-state index is -0.879. The number of aromatic nitrogens is 1. The number of hydrogen-bond donors (Lipinski definition) is 0. The van der Waals surface area contributed by atoms with Crippen LogP contribution in [-0.2, 0) is 16.0 Å². The summed E-state index contributed by atoms with van der Waals surface area (Å²) in [5.41, 5.74) is 0.718. The lowest BCUT2D eigenvalue weighted by Crippen LogP contribution is -2.50. The number of fused-ring (bicyclic) bond motifs is 1. The summed E-state index contributed by atoms with van der Waals surface area (Å²) in [5.74, 6) is 1.61. The van der Waals surface area contributed by atoms with E-state index >= 15 is 0 Å². The molecular weight excluding hydrogens is 490 g/mol. The number of halogens is 1. The predicted octanol–water partition coefficient (Wildman–Crippen LogP) is 5.67. The first kappa shape index (κ1) is 25.9. The largest absolute Gasteiger partial charge is 0.622 e. The van der Waals surface area contributed by atoms with E-state index < -0.39 is 16.8 Å². The van der Waals surface area contributed by atoms with Crippen LogP contribution in [0, 0.1) is 5.21 Å². The summed E-state index contributed by atoms with van der Waals surface area (Å²) in [7, 11) is 0. The fraction of sp³-hybridized carbons (Fsp3) is 0.520. The number of ether oxygens (including phenoxy) is 2. The Labute approximate surface area is 214 Å². The molecule has 3 aromatic rings. The monoisotopic (exact) mass is 521 g/mol. The average Bonchev–Trinajstić information content (AvgIpc) is 3.58. The van der Waals surface area contributed by atoms with Gasteiger partial charge in [-0.1, -0.05) is 24.7 Å². The number of alkyl halides is 1. The molecule has 1 aliphatic rings. The maximum atomic E-state index is 14.2. The van der Waals surface area contributed by atoms with E-state index in [1.165, 1.54) is 11.3 Å². The van der Waals surface area contributed by atoms with Crippen LogP contribution in [0.25, 0.3) is 10.2 Å². The molecular formula is C25H32ClN3O5S. The number of thiazole rings is 1. The summed E-state index contributed by atoms with van der Waals surface area (Å²) < 4.78 is 17.0. The van der Waals surface area contributed by atoms with Gasteiger partial charge in [0, 0.05) is 24.9 Å². The highest BCUT2D eigenvalue weighted by Crippen LogP contribution is 2.39. The van der Waals surface area contributed by atoms with Gasteiger partial charge in [-0.05, 0) is 43.5 Å². The van der Waals surface area contributed by atoms with Crippen LogP contribution >= 0.6 is 22.9 Å². The van der Waals surface area contributed by atoms with Gasteiger partial charge < -0.3 is 19.1 Å². The summed E-state index contributed by atoms with van der Waals surface area (Å²) in [6, 6.07) is 9.31. The lowest BCUT2D eigenvalue weighted by atomic mass is 10.2. The fourth-order valence-electron chi connectivity index (χ4n) is 4.07. The molecule has 2 aromatic heterocycles. The molecule has 0 bridgehead atoms. The number of rotatable bonds is 13. The first-order chi connectivity index (χ1) is 17.0. The lowest BCUT2D eigenvalue weighted by Gasteiger charge is -2.38. The number of quaternary nitrogens is 1. The number of unbranched alkanes of at least 4 members (excludes halogenated alkanes) is 2. The molecule has 0 spiro atoms. The Balaban J connectivity index is 1.51. The van der Waals surface area contributed by atoms with Crippen LogP contribution in [-0.4, -0.2) is 54.3 Å². The van der Waals surface area contributed by atoms with Crippen molar-refractivity contribution in [2.24, 2.45) is 0 Å². The smallest absolute Gasteiger partial charge is 0.310 e. The van der Waals surface area contributed by atoms with E-state index in [9.17, 15) is 10.0 Å². The van der Waals surface area contributed by atoms with Gasteiger partial charge in [0.2, 0.25) is 0 Å². The summed E-state index contributed by atoms with van der Waals surface area (Å²) in [6.07, 6.45) is 5.05. The molecule has 1 saturated heterocycles. The van der Waals surface area contributed by atoms with E-state index in [1.807, 2.05) is 29.2 Å². The SMILES string of the molecule is CCCCOc1ccc2sc([N+]3([O-])CN(CCCCCl)CC3OC(=O)CCc3ccco3)nc2c1. The fourth-order valence-corrected chi connectivity index (χ4v) is 5.27. The third-order valence-electron chi connectivity index (χ3n) is 6.01. The Hall–Kier alpha value is -2.17. The summed E-state index contributed by atoms with van der Waals surface area (Å²) >= 11 is 7.17. The van der Waals surface area contributed by atoms with Crippen LogP contribution in [0.3, 0.4) is 0 Å². The Morgan fingerprint density at radius 1 is 1.34 bits per heavy atom. The second-order valence-electron chi connectivity index (χ2n) is 8.76. The third-order valence-corrected chi connectivity index (χ3v) is 7.42. The number of nitrogens with zero attached hydrogens (tertiary/aromatic N) is 3. The van der Waals surface area contributed by atoms with Crippen LogP contribution in [0.15, 0.2) is 41.0 Å². The van der Waals surface area contributed by atoms with Crippen molar-refractivity contribution in [2.45, 2.75) is 51.7 Å². The van der Waals surface area contributed by atoms with Crippen molar-refractivity contribution in [3.05, 3.63) is 47.6 Å². The minimum absolute atomic E-state index is 0.147. The van der Waals surface area contributed by atoms with Gasteiger partial charge in [-0.15, -0.1) is 11.6 Å². The van der Waals surface area contributed by atoms with Crippen molar-refractivity contribution in [3.8, 4) is 5.75 Å². The second kappa shape index (κ2) is 12.2. The topological polar surface area (TPSA) is 87.9 Å². The van der Waals surface area contributed by atoms with Crippen molar-refractivity contribution < 1.29 is 18.7 Å². The number of hydroxylamine groups is 2. The van der Waals surface area contributed by atoms with Crippen LogP contribution in [0.1, 0.15) is 44.8 Å². The normalized spacial score (nSPS) is 20.5. The van der Waals surface area contributed by atoms with Crippen LogP contribution in [0.5, 0.6) is 5.75 Å². The lowest BCUT2D eigenvalue weighted by molar-refractivity contribution is -0.153. The molecule has 0 amide bonds. The highest BCUT2D eigenvalue weighted by molar-refractivity contribution is 7.22. The van der Waals surface area contributed by atoms with E-state index in [2.05, 4.69) is 11.9 Å². The Morgan fingerprint density at radius 3 is 3.00 bits per heavy atom. The van der Waals surface area contributed by atoms with E-state index in [-0.39, 0.29) is 13.1 Å². The Kier molecular flexibility index (Phi) is 9.02. The molecule has 1 aromatic carbocycles. The molecule has 2 unspecified atom stereocenters. The van der Waals surface area contributed by atoms with Gasteiger partial charge in [-0.2, -0.15) is 4.98 Å². The van der Waals surface area contributed by atoms with Gasteiger partial charge in [0.05, 0.1) is 36.1 Å². The first-order valence-electron chi connectivity index (χ1n) is 12.1. The van der Waals surface area contributed by atoms with Crippen LogP contribution in [0.2, 0.25) is 0 Å². The first-order valence-corrected chi connectivity index (χ1v) is 13.5. The maximum Gasteiger partial charge on any atom is 0.310 e. The van der Waals surface area contributed by atoms with E-state index in [0.717, 1.165) is 48.2 Å². The number of carbonyl (C=O) groups excluding carboxylic acids is 1. The molecule has 0 aliphatic carbocycles. The van der Waals surface area contributed by atoms with Gasteiger partial charge in [0.25, 0.3) is 11.4 Å². The average molecular weight is 522 g/mol. The molecule has 10 heteroatoms. The summed E-state index contributed by atoms with van der Waals surface area (Å²) in [5, 5.41) is 14.6. The quantitative estimate of drug-likeness (QED) is 0.0941. The van der Waals surface area contributed by atoms with Crippen LogP contribution in [0.4, 0.5) is 5.13 Å². The van der Waals surface area contributed by atoms with Gasteiger partial charge in [-0.25, -0.2) is 4.90 Å². The van der Waals surface area contributed by atoms with Gasteiger partial charge in [-0.3, -0.25) is 9.44 Å². The number of esters is 1. The number of carbonyl (C=O) groups is 1. The van der Waals surface area contributed by atoms with Gasteiger partial charge in [0.1, 0.15) is 18.2 Å². The summed E-state index contributed by atoms with van der Waals surface area (Å²) in [4.78, 5) is 19.4. The second-order valence-corrected chi connectivity index (χ2v) is 10.1. The predicted molar refractivity (Wildman–Crippen MR) is 138 cm³/mol. The molecule has 0 N–H and O–H groups in total. The number of furan rings is 1. The van der Waals surface area contributed by atoms with Crippen molar-refractivity contribution in [2.75, 3.05) is 32.2 Å². The Bertz CT molecular complexity index is 1090. The molecule has 4 rings (SSSR count). The number of aryl methyl sites for hydroxylation is 1. The standard InChI is InChI=1S/C25H32ClN3O5S/c1-2-3-14-33-20-8-10-22-21(16-20)27-25(35-22)29(31)18-28(13-5-4-12-26)17-23(29)34-24(30)11-9-19-7-6-15-32-19/h6-8,10,15-16,23H,2-5,9,11-14,17-18H2,1H3. The highest BCUT2D eigenvalue weighted by atomic mass is 35.5. The van der Waals surface area contributed by atoms with E-state index in [0.29, 0.717) is 36.3 Å². The molecule has 3 heterocycles. The van der Waals surface area contributed by atoms with E-state index in [4.69, 9.17) is 25.5 Å². The number of benzene rings is 1. The molecule has 35 heavy (non-hydrogen) atoms. The zero-order valence-corrected chi connectivity index (χ0v) is 21.6. The Morgan fingerprint density at radius 2 is 2.23 bits per heavy atom. The van der Waals surface area contributed by atoms with E-state index in [1.54, 1.807) is 12.3 Å². The highest BCUT2D eigenvalue weighted by Gasteiger charge is 2.46. The minimum Gasteiger partial charge on any atom is -0.622 e. The van der Waals surface area contributed by atoms with Crippen molar-refractivity contribution in [1.82, 2.24) is 14.5 Å². The van der Waals surface area contributed by atoms with Crippen LogP contribution < -0.4 is 9.38 Å². The molecule has 8 nitrogen and oxygen atoms in total. The molecule has 1 fully saturated rings. The molecule has 2 atom stereocenters. The maximum absolute atomic E-state index is 14.2. The molecule has 1 aliphatic heterocycles. The van der Waals surface area contributed by atoms with Crippen molar-refractivity contribution in [3.63, 3.8) is 0 Å². The number of hydrogen-bond acceptors (Lipinski definition) is 8. The van der Waals surface area contributed by atoms with Gasteiger partial charge >= 0.3 is 5.97 Å². The summed E-state index contributed by atoms with van der Waals surface area (Å²) in [6.45, 7) is 4.02. The molecule has 0 saturated carbocycles.